The summed E-state index contributed by atoms with van der Waals surface area (Å²) in [7, 11) is 2.53. The van der Waals surface area contributed by atoms with Gasteiger partial charge in [-0.15, -0.1) is 0 Å². The molecule has 0 fully saturated rings. The zero-order valence-electron chi connectivity index (χ0n) is 12.5. The number of nitrogens with zero attached hydrogens (tertiary/aromatic N) is 4. The van der Waals surface area contributed by atoms with Gasteiger partial charge in [-0.05, 0) is 25.1 Å². The summed E-state index contributed by atoms with van der Waals surface area (Å²) in [6.45, 7) is 2.54. The Morgan fingerprint density at radius 2 is 2.00 bits per heavy atom. The van der Waals surface area contributed by atoms with Crippen molar-refractivity contribution in [1.29, 1.82) is 0 Å². The van der Waals surface area contributed by atoms with Gasteiger partial charge in [-0.25, -0.2) is 4.79 Å². The molecule has 0 saturated carbocycles. The highest BCUT2D eigenvalue weighted by Gasteiger charge is 2.19. The summed E-state index contributed by atoms with van der Waals surface area (Å²) in [5.41, 5.74) is -1.29. The molecule has 0 atom stereocenters. The average molecular weight is 304 g/mol. The van der Waals surface area contributed by atoms with Crippen LogP contribution in [-0.2, 0) is 20.6 Å². The lowest BCUT2D eigenvalue weighted by Gasteiger charge is -2.08. The number of carbonyl (C=O) groups is 1. The quantitative estimate of drug-likeness (QED) is 0.628. The van der Waals surface area contributed by atoms with Crippen molar-refractivity contribution in [1.82, 2.24) is 18.9 Å². The summed E-state index contributed by atoms with van der Waals surface area (Å²) in [6, 6.07) is 1.71. The second-order valence-electron chi connectivity index (χ2n) is 4.67. The number of hydrogen-bond acceptors (Lipinski definition) is 5. The van der Waals surface area contributed by atoms with E-state index in [0.29, 0.717) is 12.2 Å². The zero-order valence-corrected chi connectivity index (χ0v) is 12.5. The largest absolute Gasteiger partial charge is 0.494 e. The molecule has 0 bridgehead atoms. The van der Waals surface area contributed by atoms with E-state index in [9.17, 15) is 19.5 Å². The van der Waals surface area contributed by atoms with Crippen molar-refractivity contribution in [3.05, 3.63) is 50.4 Å². The minimum absolute atomic E-state index is 0.441. The van der Waals surface area contributed by atoms with Crippen LogP contribution in [0.25, 0.3) is 6.08 Å². The number of rotatable bonds is 4. The second-order valence-corrected chi connectivity index (χ2v) is 4.67. The molecule has 2 rings (SSSR count). The minimum Gasteiger partial charge on any atom is -0.494 e. The van der Waals surface area contributed by atoms with Gasteiger partial charge in [0.2, 0.25) is 5.88 Å². The highest BCUT2D eigenvalue weighted by atomic mass is 16.3. The molecule has 0 aliphatic carbocycles. The Balaban J connectivity index is 2.48. The smallest absolute Gasteiger partial charge is 0.333 e. The van der Waals surface area contributed by atoms with Crippen LogP contribution in [0.1, 0.15) is 23.0 Å². The molecule has 0 aromatic carbocycles. The fourth-order valence-corrected chi connectivity index (χ4v) is 2.04. The van der Waals surface area contributed by atoms with E-state index in [1.165, 1.54) is 26.2 Å². The van der Waals surface area contributed by atoms with Gasteiger partial charge in [0, 0.05) is 26.8 Å². The number of hydrogen-bond donors (Lipinski definition) is 1. The van der Waals surface area contributed by atoms with Crippen molar-refractivity contribution >= 4 is 11.9 Å². The number of allylic oxidation sites excluding steroid dienone is 1. The van der Waals surface area contributed by atoms with Crippen LogP contribution >= 0.6 is 0 Å². The Hall–Kier alpha value is -2.90. The van der Waals surface area contributed by atoms with E-state index >= 15 is 0 Å². The molecular formula is C14H16N4O4. The van der Waals surface area contributed by atoms with Crippen LogP contribution in [0.15, 0.2) is 27.9 Å². The van der Waals surface area contributed by atoms with Gasteiger partial charge < -0.3 is 5.11 Å². The lowest BCUT2D eigenvalue weighted by molar-refractivity contribution is 0.104. The standard InChI is InChI=1S/C14H16N4O4/c1-4-18-9(7-8-15-18)5-6-10(19)11-12(20)16(2)14(22)17(3)13(11)21/h5-8,20H,4H2,1-3H3. The summed E-state index contributed by atoms with van der Waals surface area (Å²) in [5, 5.41) is 13.9. The van der Waals surface area contributed by atoms with Crippen LogP contribution in [0.5, 0.6) is 5.88 Å². The Bertz CT molecular complexity index is 870. The van der Waals surface area contributed by atoms with Crippen molar-refractivity contribution in [2.24, 2.45) is 14.1 Å². The Kier molecular flexibility index (Phi) is 4.11. The van der Waals surface area contributed by atoms with E-state index < -0.39 is 28.5 Å². The molecule has 2 heterocycles. The third-order valence-corrected chi connectivity index (χ3v) is 3.33. The molecule has 0 amide bonds. The highest BCUT2D eigenvalue weighted by molar-refractivity contribution is 6.07. The SMILES string of the molecule is CCn1nccc1C=CC(=O)c1c(O)n(C)c(=O)n(C)c1=O. The van der Waals surface area contributed by atoms with Gasteiger partial charge in [0.1, 0.15) is 5.56 Å². The summed E-state index contributed by atoms with van der Waals surface area (Å²) in [4.78, 5) is 35.8. The topological polar surface area (TPSA) is 99.1 Å². The summed E-state index contributed by atoms with van der Waals surface area (Å²) < 4.78 is 3.29. The normalized spacial score (nSPS) is 11.2. The molecule has 0 unspecified atom stereocenters. The van der Waals surface area contributed by atoms with Crippen LogP contribution in [0.2, 0.25) is 0 Å². The lowest BCUT2D eigenvalue weighted by atomic mass is 10.2. The van der Waals surface area contributed by atoms with E-state index in [1.807, 2.05) is 6.92 Å². The molecule has 0 radical (unpaired) electrons. The van der Waals surface area contributed by atoms with Crippen LogP contribution < -0.4 is 11.2 Å². The maximum absolute atomic E-state index is 12.2. The first-order valence-corrected chi connectivity index (χ1v) is 6.61. The Morgan fingerprint density at radius 3 is 2.64 bits per heavy atom. The van der Waals surface area contributed by atoms with Crippen molar-refractivity contribution in [3.63, 3.8) is 0 Å². The van der Waals surface area contributed by atoms with Crippen LogP contribution in [0.4, 0.5) is 0 Å². The Labute approximate surface area is 125 Å². The maximum Gasteiger partial charge on any atom is 0.333 e. The molecule has 22 heavy (non-hydrogen) atoms. The van der Waals surface area contributed by atoms with Crippen LogP contribution in [0, 0.1) is 0 Å². The molecule has 0 aliphatic heterocycles. The summed E-state index contributed by atoms with van der Waals surface area (Å²) >= 11 is 0. The predicted octanol–water partition coefficient (Wildman–Crippen LogP) is -0.0979. The summed E-state index contributed by atoms with van der Waals surface area (Å²) in [6.07, 6.45) is 4.27. The molecule has 8 heteroatoms. The average Bonchev–Trinajstić information content (AvgIpc) is 2.96. The number of aromatic hydroxyl groups is 1. The van der Waals surface area contributed by atoms with Gasteiger partial charge in [-0.3, -0.25) is 23.4 Å². The molecule has 116 valence electrons. The van der Waals surface area contributed by atoms with Crippen LogP contribution in [-0.4, -0.2) is 29.8 Å². The highest BCUT2D eigenvalue weighted by Crippen LogP contribution is 2.11. The van der Waals surface area contributed by atoms with Gasteiger partial charge in [-0.2, -0.15) is 5.10 Å². The molecule has 2 aromatic heterocycles. The molecule has 0 spiro atoms. The first-order chi connectivity index (χ1) is 10.4. The first kappa shape index (κ1) is 15.5. The number of aromatic nitrogens is 4. The van der Waals surface area contributed by atoms with Crippen molar-refractivity contribution in [3.8, 4) is 5.88 Å². The van der Waals surface area contributed by atoms with Crippen molar-refractivity contribution in [2.45, 2.75) is 13.5 Å². The minimum atomic E-state index is -0.834. The molecule has 8 nitrogen and oxygen atoms in total. The van der Waals surface area contributed by atoms with E-state index in [1.54, 1.807) is 16.9 Å². The maximum atomic E-state index is 12.2. The second kappa shape index (κ2) is 5.84. The monoisotopic (exact) mass is 304 g/mol. The van der Waals surface area contributed by atoms with Crippen LogP contribution in [0.3, 0.4) is 0 Å². The predicted molar refractivity (Wildman–Crippen MR) is 79.9 cm³/mol. The number of ketones is 1. The number of carbonyl (C=O) groups excluding carboxylic acids is 1. The fraction of sp³-hybridized carbons (Fsp3) is 0.286. The van der Waals surface area contributed by atoms with E-state index in [0.717, 1.165) is 9.13 Å². The third kappa shape index (κ3) is 2.50. The number of aryl methyl sites for hydroxylation is 1. The van der Waals surface area contributed by atoms with E-state index in [2.05, 4.69) is 5.10 Å². The molecule has 0 aliphatic rings. The van der Waals surface area contributed by atoms with E-state index in [4.69, 9.17) is 0 Å². The van der Waals surface area contributed by atoms with Gasteiger partial charge in [-0.1, -0.05) is 0 Å². The third-order valence-electron chi connectivity index (χ3n) is 3.33. The fourth-order valence-electron chi connectivity index (χ4n) is 2.04. The molecule has 2 aromatic rings. The first-order valence-electron chi connectivity index (χ1n) is 6.61. The molecule has 1 N–H and O–H groups in total. The lowest BCUT2D eigenvalue weighted by Crippen LogP contribution is -2.39. The van der Waals surface area contributed by atoms with Crippen molar-refractivity contribution in [2.75, 3.05) is 0 Å². The summed E-state index contributed by atoms with van der Waals surface area (Å²) in [5.74, 6) is -1.33. The van der Waals surface area contributed by atoms with Gasteiger partial charge in [0.05, 0.1) is 5.69 Å². The van der Waals surface area contributed by atoms with Gasteiger partial charge >= 0.3 is 5.69 Å². The van der Waals surface area contributed by atoms with Crippen molar-refractivity contribution < 1.29 is 9.90 Å². The zero-order chi connectivity index (χ0) is 16.4. The Morgan fingerprint density at radius 1 is 1.32 bits per heavy atom. The van der Waals surface area contributed by atoms with Gasteiger partial charge in [0.25, 0.3) is 5.56 Å². The molecule has 0 saturated heterocycles. The van der Waals surface area contributed by atoms with Gasteiger partial charge in [0.15, 0.2) is 5.78 Å². The van der Waals surface area contributed by atoms with E-state index in [-0.39, 0.29) is 0 Å². The molecular weight excluding hydrogens is 288 g/mol.